The van der Waals surface area contributed by atoms with Gasteiger partial charge in [-0.15, -0.1) is 0 Å². The lowest BCUT2D eigenvalue weighted by atomic mass is 9.96. The molecule has 7 heteroatoms. The van der Waals surface area contributed by atoms with Crippen LogP contribution in [-0.4, -0.2) is 71.0 Å². The topological polar surface area (TPSA) is 75.6 Å². The van der Waals surface area contributed by atoms with Crippen molar-refractivity contribution >= 4 is 11.8 Å². The van der Waals surface area contributed by atoms with Gasteiger partial charge < -0.3 is 14.5 Å². The highest BCUT2D eigenvalue weighted by Crippen LogP contribution is 2.20. The number of carbonyl (C=O) groups is 2. The molecule has 7 nitrogen and oxygen atoms in total. The largest absolute Gasteiger partial charge is 0.378 e. The van der Waals surface area contributed by atoms with Crippen LogP contribution in [0.2, 0.25) is 0 Å². The van der Waals surface area contributed by atoms with Crippen molar-refractivity contribution in [3.8, 4) is 0 Å². The first-order valence-electron chi connectivity index (χ1n) is 7.67. The third-order valence-corrected chi connectivity index (χ3v) is 4.16. The first-order valence-corrected chi connectivity index (χ1v) is 7.67. The van der Waals surface area contributed by atoms with Gasteiger partial charge in [0, 0.05) is 38.6 Å². The molecule has 0 N–H and O–H groups in total. The molecule has 3 rings (SSSR count). The maximum Gasteiger partial charge on any atom is 0.274 e. The Morgan fingerprint density at radius 1 is 1.14 bits per heavy atom. The fourth-order valence-corrected chi connectivity index (χ4v) is 2.98. The smallest absolute Gasteiger partial charge is 0.274 e. The van der Waals surface area contributed by atoms with Crippen LogP contribution in [0.3, 0.4) is 0 Å². The van der Waals surface area contributed by atoms with E-state index in [1.165, 1.54) is 18.6 Å². The molecule has 0 aliphatic carbocycles. The minimum absolute atomic E-state index is 0.118. The number of amides is 2. The summed E-state index contributed by atoms with van der Waals surface area (Å²) in [7, 11) is 0. The third-order valence-electron chi connectivity index (χ3n) is 4.16. The molecular weight excluding hydrogens is 284 g/mol. The first-order chi connectivity index (χ1) is 10.8. The second-order valence-corrected chi connectivity index (χ2v) is 5.62. The van der Waals surface area contributed by atoms with E-state index in [4.69, 9.17) is 4.74 Å². The van der Waals surface area contributed by atoms with Crippen LogP contribution in [0.1, 0.15) is 23.3 Å². The van der Waals surface area contributed by atoms with Gasteiger partial charge in [0.15, 0.2) is 0 Å². The molecule has 2 saturated heterocycles. The Balaban J connectivity index is 1.63. The van der Waals surface area contributed by atoms with Crippen LogP contribution in [-0.2, 0) is 9.53 Å². The molecule has 2 aliphatic rings. The molecule has 0 bridgehead atoms. The van der Waals surface area contributed by atoms with Crippen LogP contribution in [0.4, 0.5) is 0 Å². The van der Waals surface area contributed by atoms with Crippen molar-refractivity contribution in [3.63, 3.8) is 0 Å². The van der Waals surface area contributed by atoms with Gasteiger partial charge in [0.05, 0.1) is 25.3 Å². The van der Waals surface area contributed by atoms with Gasteiger partial charge in [-0.25, -0.2) is 4.98 Å². The van der Waals surface area contributed by atoms with E-state index in [2.05, 4.69) is 9.97 Å². The molecule has 0 spiro atoms. The Bertz CT molecular complexity index is 531. The molecule has 2 fully saturated rings. The molecule has 3 heterocycles. The summed E-state index contributed by atoms with van der Waals surface area (Å²) >= 11 is 0. The van der Waals surface area contributed by atoms with Gasteiger partial charge in [-0.2, -0.15) is 0 Å². The second-order valence-electron chi connectivity index (χ2n) is 5.62. The normalized spacial score (nSPS) is 22.5. The van der Waals surface area contributed by atoms with Crippen molar-refractivity contribution in [3.05, 3.63) is 24.3 Å². The number of piperidine rings is 1. The number of likely N-dealkylation sites (tertiary alicyclic amines) is 1. The number of rotatable bonds is 2. The number of morpholine rings is 1. The monoisotopic (exact) mass is 304 g/mol. The maximum atomic E-state index is 12.6. The third kappa shape index (κ3) is 3.24. The molecule has 118 valence electrons. The Morgan fingerprint density at radius 2 is 1.95 bits per heavy atom. The van der Waals surface area contributed by atoms with E-state index in [-0.39, 0.29) is 17.7 Å². The maximum absolute atomic E-state index is 12.6. The molecule has 0 aromatic carbocycles. The highest BCUT2D eigenvalue weighted by Gasteiger charge is 2.32. The van der Waals surface area contributed by atoms with Crippen molar-refractivity contribution < 1.29 is 14.3 Å². The molecule has 1 aromatic rings. The summed E-state index contributed by atoms with van der Waals surface area (Å²) in [6, 6.07) is 0. The van der Waals surface area contributed by atoms with Crippen LogP contribution < -0.4 is 0 Å². The molecule has 0 unspecified atom stereocenters. The van der Waals surface area contributed by atoms with Crippen molar-refractivity contribution in [2.24, 2.45) is 5.92 Å². The zero-order chi connectivity index (χ0) is 15.4. The molecule has 1 aromatic heterocycles. The number of ether oxygens (including phenoxy) is 1. The van der Waals surface area contributed by atoms with E-state index in [0.29, 0.717) is 45.1 Å². The highest BCUT2D eigenvalue weighted by molar-refractivity contribution is 5.92. The molecule has 0 radical (unpaired) electrons. The van der Waals surface area contributed by atoms with Gasteiger partial charge in [0.1, 0.15) is 5.69 Å². The molecule has 22 heavy (non-hydrogen) atoms. The predicted octanol–water partition coefficient (Wildman–Crippen LogP) is 0.188. The average molecular weight is 304 g/mol. The van der Waals surface area contributed by atoms with Crippen LogP contribution in [0, 0.1) is 5.92 Å². The van der Waals surface area contributed by atoms with Crippen LogP contribution in [0.5, 0.6) is 0 Å². The second kappa shape index (κ2) is 6.83. The fourth-order valence-electron chi connectivity index (χ4n) is 2.98. The van der Waals surface area contributed by atoms with Crippen LogP contribution in [0.25, 0.3) is 0 Å². The quantitative estimate of drug-likeness (QED) is 0.779. The van der Waals surface area contributed by atoms with E-state index in [0.717, 1.165) is 12.8 Å². The van der Waals surface area contributed by atoms with Gasteiger partial charge in [0.2, 0.25) is 5.91 Å². The SMILES string of the molecule is O=C(c1cnccn1)N1CCC[C@@H](C(=O)N2CCOCC2)C1. The van der Waals surface area contributed by atoms with Gasteiger partial charge in [0.25, 0.3) is 5.91 Å². The Morgan fingerprint density at radius 3 is 2.68 bits per heavy atom. The van der Waals surface area contributed by atoms with Gasteiger partial charge in [-0.3, -0.25) is 14.6 Å². The van der Waals surface area contributed by atoms with E-state index in [1.807, 2.05) is 4.90 Å². The standard InChI is InChI=1S/C15H20N4O3/c20-14(18-6-8-22-9-7-18)12-2-1-5-19(11-12)15(21)13-10-16-3-4-17-13/h3-4,10,12H,1-2,5-9,11H2/t12-/m1/s1. The van der Waals surface area contributed by atoms with Gasteiger partial charge in [-0.1, -0.05) is 0 Å². The van der Waals surface area contributed by atoms with Gasteiger partial charge >= 0.3 is 0 Å². The fraction of sp³-hybridized carbons (Fsp3) is 0.600. The lowest BCUT2D eigenvalue weighted by Gasteiger charge is -2.36. The number of nitrogens with zero attached hydrogens (tertiary/aromatic N) is 4. The number of aromatic nitrogens is 2. The summed E-state index contributed by atoms with van der Waals surface area (Å²) < 4.78 is 5.28. The first kappa shape index (κ1) is 14.9. The van der Waals surface area contributed by atoms with Crippen molar-refractivity contribution in [1.29, 1.82) is 0 Å². The summed E-state index contributed by atoms with van der Waals surface area (Å²) in [5.74, 6) is -0.125. The highest BCUT2D eigenvalue weighted by atomic mass is 16.5. The van der Waals surface area contributed by atoms with E-state index in [1.54, 1.807) is 4.90 Å². The Kier molecular flexibility index (Phi) is 4.62. The molecular formula is C15H20N4O3. The lowest BCUT2D eigenvalue weighted by molar-refractivity contribution is -0.141. The molecule has 0 saturated carbocycles. The number of hydrogen-bond donors (Lipinski definition) is 0. The van der Waals surface area contributed by atoms with E-state index >= 15 is 0 Å². The summed E-state index contributed by atoms with van der Waals surface area (Å²) in [6.45, 7) is 3.62. The summed E-state index contributed by atoms with van der Waals surface area (Å²) in [5.41, 5.74) is 0.335. The van der Waals surface area contributed by atoms with Crippen molar-refractivity contribution in [1.82, 2.24) is 19.8 Å². The molecule has 1 atom stereocenters. The summed E-state index contributed by atoms with van der Waals surface area (Å²) in [4.78, 5) is 36.5. The van der Waals surface area contributed by atoms with E-state index in [9.17, 15) is 9.59 Å². The number of hydrogen-bond acceptors (Lipinski definition) is 5. The van der Waals surface area contributed by atoms with Crippen LogP contribution >= 0.6 is 0 Å². The molecule has 2 aliphatic heterocycles. The molecule has 2 amide bonds. The summed E-state index contributed by atoms with van der Waals surface area (Å²) in [5, 5.41) is 0. The van der Waals surface area contributed by atoms with Crippen molar-refractivity contribution in [2.75, 3.05) is 39.4 Å². The lowest BCUT2D eigenvalue weighted by Crippen LogP contribution is -2.49. The zero-order valence-electron chi connectivity index (χ0n) is 12.5. The Labute approximate surface area is 129 Å². The number of carbonyl (C=O) groups excluding carboxylic acids is 2. The predicted molar refractivity (Wildman–Crippen MR) is 78.1 cm³/mol. The minimum atomic E-state index is -0.146. The summed E-state index contributed by atoms with van der Waals surface area (Å²) in [6.07, 6.45) is 6.19. The van der Waals surface area contributed by atoms with Crippen molar-refractivity contribution in [2.45, 2.75) is 12.8 Å². The van der Waals surface area contributed by atoms with Crippen LogP contribution in [0.15, 0.2) is 18.6 Å². The van der Waals surface area contributed by atoms with E-state index < -0.39 is 0 Å². The minimum Gasteiger partial charge on any atom is -0.378 e. The Hall–Kier alpha value is -2.02. The zero-order valence-corrected chi connectivity index (χ0v) is 12.5. The average Bonchev–Trinajstić information content (AvgIpc) is 2.62. The van der Waals surface area contributed by atoms with Gasteiger partial charge in [-0.05, 0) is 12.8 Å².